The van der Waals surface area contributed by atoms with E-state index in [4.69, 9.17) is 15.2 Å². The molecule has 8 nitrogen and oxygen atoms in total. The highest BCUT2D eigenvalue weighted by Gasteiger charge is 2.14. The van der Waals surface area contributed by atoms with Gasteiger partial charge in [-0.15, -0.1) is 4.91 Å². The summed E-state index contributed by atoms with van der Waals surface area (Å²) >= 11 is 0. The molecule has 0 amide bonds. The molecule has 0 aliphatic heterocycles. The van der Waals surface area contributed by atoms with E-state index in [0.717, 1.165) is 0 Å². The summed E-state index contributed by atoms with van der Waals surface area (Å²) < 4.78 is 10.3. The van der Waals surface area contributed by atoms with Crippen LogP contribution in [0.4, 0.5) is 11.5 Å². The maximum Gasteiger partial charge on any atom is 0.282 e. The zero-order valence-corrected chi connectivity index (χ0v) is 10.8. The van der Waals surface area contributed by atoms with Gasteiger partial charge in [-0.05, 0) is 23.4 Å². The van der Waals surface area contributed by atoms with Crippen molar-refractivity contribution in [2.75, 3.05) is 20.0 Å². The van der Waals surface area contributed by atoms with Crippen LogP contribution in [0.15, 0.2) is 28.2 Å². The first kappa shape index (κ1) is 13.5. The predicted octanol–water partition coefficient (Wildman–Crippen LogP) is 1.43. The largest absolute Gasteiger partial charge is 0.497 e. The van der Waals surface area contributed by atoms with Crippen molar-refractivity contribution in [1.29, 1.82) is 0 Å². The molecule has 0 unspecified atom stereocenters. The van der Waals surface area contributed by atoms with Crippen LogP contribution in [0.5, 0.6) is 11.5 Å². The summed E-state index contributed by atoms with van der Waals surface area (Å²) in [4.78, 5) is 28.5. The number of rotatable bonds is 4. The van der Waals surface area contributed by atoms with Crippen molar-refractivity contribution in [2.24, 2.45) is 5.18 Å². The molecule has 104 valence electrons. The molecule has 2 aromatic rings. The number of benzene rings is 1. The van der Waals surface area contributed by atoms with Gasteiger partial charge in [0.1, 0.15) is 17.3 Å². The maximum absolute atomic E-state index is 11.7. The molecule has 0 saturated carbocycles. The lowest BCUT2D eigenvalue weighted by atomic mass is 10.1. The van der Waals surface area contributed by atoms with Gasteiger partial charge in [0.2, 0.25) is 5.69 Å². The molecule has 20 heavy (non-hydrogen) atoms. The molecule has 0 radical (unpaired) electrons. The van der Waals surface area contributed by atoms with Gasteiger partial charge < -0.3 is 20.2 Å². The van der Waals surface area contributed by atoms with Crippen molar-refractivity contribution in [3.8, 4) is 22.9 Å². The number of nitrogens with zero attached hydrogens (tertiary/aromatic N) is 2. The van der Waals surface area contributed by atoms with Crippen LogP contribution in [0.3, 0.4) is 0 Å². The monoisotopic (exact) mass is 276 g/mol. The zero-order valence-electron chi connectivity index (χ0n) is 10.8. The number of H-pyrrole nitrogens is 1. The highest BCUT2D eigenvalue weighted by atomic mass is 16.5. The molecule has 1 aromatic carbocycles. The van der Waals surface area contributed by atoms with Gasteiger partial charge in [0, 0.05) is 0 Å². The lowest BCUT2D eigenvalue weighted by Gasteiger charge is -2.10. The summed E-state index contributed by atoms with van der Waals surface area (Å²) in [5.74, 6) is 0.944. The second kappa shape index (κ2) is 5.39. The van der Waals surface area contributed by atoms with Crippen molar-refractivity contribution < 1.29 is 9.47 Å². The molecule has 0 saturated heterocycles. The Kier molecular flexibility index (Phi) is 3.65. The standard InChI is InChI=1S/C12H12N4O4/c1-19-6-3-4-8(20-2)7(5-6)11-14-10(13)9(16-18)12(17)15-11/h3-5H,1-2H3,(H3,13,14,15,17). The number of aromatic nitrogens is 2. The summed E-state index contributed by atoms with van der Waals surface area (Å²) in [5.41, 5.74) is 4.85. The molecule has 0 bridgehead atoms. The second-order valence-electron chi connectivity index (χ2n) is 3.81. The van der Waals surface area contributed by atoms with E-state index >= 15 is 0 Å². The van der Waals surface area contributed by atoms with Crippen LogP contribution >= 0.6 is 0 Å². The molecule has 1 heterocycles. The number of methoxy groups -OCH3 is 2. The van der Waals surface area contributed by atoms with Gasteiger partial charge in [0.15, 0.2) is 5.82 Å². The van der Waals surface area contributed by atoms with Gasteiger partial charge in [0.25, 0.3) is 5.56 Å². The van der Waals surface area contributed by atoms with Crippen LogP contribution in [0, 0.1) is 4.91 Å². The lowest BCUT2D eigenvalue weighted by molar-refractivity contribution is 0.404. The fraction of sp³-hybridized carbons (Fsp3) is 0.167. The molecule has 2 rings (SSSR count). The molecule has 8 heteroatoms. The summed E-state index contributed by atoms with van der Waals surface area (Å²) in [7, 11) is 2.99. The molecule has 0 aliphatic rings. The highest BCUT2D eigenvalue weighted by Crippen LogP contribution is 2.31. The van der Waals surface area contributed by atoms with E-state index in [1.54, 1.807) is 18.2 Å². The normalized spacial score (nSPS) is 10.1. The number of nitrogens with two attached hydrogens (primary N) is 1. The van der Waals surface area contributed by atoms with Crippen molar-refractivity contribution in [1.82, 2.24) is 9.97 Å². The van der Waals surface area contributed by atoms with Crippen LogP contribution in [0.1, 0.15) is 0 Å². The number of ether oxygens (including phenoxy) is 2. The van der Waals surface area contributed by atoms with Crippen LogP contribution in [-0.4, -0.2) is 24.2 Å². The SMILES string of the molecule is COc1ccc(OC)c(-c2nc(N)c(N=O)c(=O)[nH]2)c1. The molecule has 0 spiro atoms. The van der Waals surface area contributed by atoms with Crippen molar-refractivity contribution in [2.45, 2.75) is 0 Å². The van der Waals surface area contributed by atoms with Crippen LogP contribution in [0.2, 0.25) is 0 Å². The number of aromatic amines is 1. The number of nitrogens with one attached hydrogen (secondary N) is 1. The average molecular weight is 276 g/mol. The smallest absolute Gasteiger partial charge is 0.282 e. The second-order valence-corrected chi connectivity index (χ2v) is 3.81. The van der Waals surface area contributed by atoms with Crippen LogP contribution in [0.25, 0.3) is 11.4 Å². The van der Waals surface area contributed by atoms with Gasteiger partial charge in [-0.25, -0.2) is 4.98 Å². The fourth-order valence-electron chi connectivity index (χ4n) is 1.70. The Hall–Kier alpha value is -2.90. The van der Waals surface area contributed by atoms with E-state index in [2.05, 4.69) is 15.1 Å². The van der Waals surface area contributed by atoms with Gasteiger partial charge in [-0.1, -0.05) is 0 Å². The topological polar surface area (TPSA) is 120 Å². The Morgan fingerprint density at radius 3 is 2.60 bits per heavy atom. The van der Waals surface area contributed by atoms with Gasteiger partial charge >= 0.3 is 0 Å². The maximum atomic E-state index is 11.7. The van der Waals surface area contributed by atoms with Crippen molar-refractivity contribution in [3.63, 3.8) is 0 Å². The number of nitroso groups, excluding NO2 is 1. The lowest BCUT2D eigenvalue weighted by Crippen LogP contribution is -2.12. The highest BCUT2D eigenvalue weighted by molar-refractivity contribution is 5.69. The number of hydrogen-bond donors (Lipinski definition) is 2. The fourth-order valence-corrected chi connectivity index (χ4v) is 1.70. The molecule has 0 fully saturated rings. The van der Waals surface area contributed by atoms with E-state index in [1.807, 2.05) is 0 Å². The predicted molar refractivity (Wildman–Crippen MR) is 73.3 cm³/mol. The molecular formula is C12H12N4O4. The number of hydrogen-bond acceptors (Lipinski definition) is 7. The van der Waals surface area contributed by atoms with Crippen molar-refractivity contribution in [3.05, 3.63) is 33.5 Å². The molecule has 0 atom stereocenters. The first-order valence-corrected chi connectivity index (χ1v) is 5.56. The minimum atomic E-state index is -0.715. The minimum absolute atomic E-state index is 0.163. The van der Waals surface area contributed by atoms with Crippen LogP contribution < -0.4 is 20.8 Å². The first-order valence-electron chi connectivity index (χ1n) is 5.56. The third kappa shape index (κ3) is 2.30. The Labute approximate surface area is 113 Å². The number of nitrogen functional groups attached to an aromatic ring is 1. The first-order chi connectivity index (χ1) is 9.60. The summed E-state index contributed by atoms with van der Waals surface area (Å²) in [6, 6.07) is 4.99. The quantitative estimate of drug-likeness (QED) is 0.815. The van der Waals surface area contributed by atoms with Gasteiger partial charge in [0.05, 0.1) is 19.8 Å². The number of anilines is 1. The van der Waals surface area contributed by atoms with E-state index in [0.29, 0.717) is 17.1 Å². The molecule has 1 aromatic heterocycles. The Bertz CT molecular complexity index is 711. The Balaban J connectivity index is 2.67. The minimum Gasteiger partial charge on any atom is -0.497 e. The Morgan fingerprint density at radius 1 is 1.30 bits per heavy atom. The summed E-state index contributed by atoms with van der Waals surface area (Å²) in [5, 5.41) is 2.54. The van der Waals surface area contributed by atoms with Gasteiger partial charge in [-0.2, -0.15) is 0 Å². The van der Waals surface area contributed by atoms with E-state index in [9.17, 15) is 9.70 Å². The zero-order chi connectivity index (χ0) is 14.7. The average Bonchev–Trinajstić information content (AvgIpc) is 2.46. The Morgan fingerprint density at radius 2 is 2.05 bits per heavy atom. The van der Waals surface area contributed by atoms with E-state index < -0.39 is 11.2 Å². The third-order valence-corrected chi connectivity index (χ3v) is 2.67. The molecule has 3 N–H and O–H groups in total. The van der Waals surface area contributed by atoms with Crippen molar-refractivity contribution >= 4 is 11.5 Å². The van der Waals surface area contributed by atoms with E-state index in [-0.39, 0.29) is 11.6 Å². The molecule has 0 aliphatic carbocycles. The van der Waals surface area contributed by atoms with Gasteiger partial charge in [-0.3, -0.25) is 4.79 Å². The van der Waals surface area contributed by atoms with E-state index in [1.165, 1.54) is 14.2 Å². The van der Waals surface area contributed by atoms with Crippen LogP contribution in [-0.2, 0) is 0 Å². The summed E-state index contributed by atoms with van der Waals surface area (Å²) in [6.45, 7) is 0. The third-order valence-electron chi connectivity index (χ3n) is 2.67. The summed E-state index contributed by atoms with van der Waals surface area (Å²) in [6.07, 6.45) is 0. The molecular weight excluding hydrogens is 264 g/mol.